The summed E-state index contributed by atoms with van der Waals surface area (Å²) in [4.78, 5) is 18.6. The summed E-state index contributed by atoms with van der Waals surface area (Å²) < 4.78 is 40.4. The van der Waals surface area contributed by atoms with Crippen LogP contribution >= 0.6 is 12.2 Å². The van der Waals surface area contributed by atoms with Crippen molar-refractivity contribution in [1.29, 1.82) is 5.26 Å². The van der Waals surface area contributed by atoms with Gasteiger partial charge in [0.2, 0.25) is 0 Å². The summed E-state index contributed by atoms with van der Waals surface area (Å²) in [5.41, 5.74) is -3.20. The van der Waals surface area contributed by atoms with Crippen LogP contribution in [0.1, 0.15) is 90.2 Å². The number of nitriles is 1. The molecule has 0 spiro atoms. The van der Waals surface area contributed by atoms with Gasteiger partial charge in [-0.3, -0.25) is 14.6 Å². The number of anilines is 1. The van der Waals surface area contributed by atoms with Crippen LogP contribution in [0.3, 0.4) is 0 Å². The number of carbonyl (C=O) groups is 1. The standard InChI is InChI=1S/C28H39F3N4O2S/c1-26(2)24(36)35(21-14-13-20(19-32)22(18-21)28(29,30)31)25(38)34(26)17-10-8-6-5-7-9-15-33-16-11-12-23(33)27(3,4)37/h13-14,18,23,37H,5-12,15-17H2,1-4H3. The summed E-state index contributed by atoms with van der Waals surface area (Å²) in [5, 5.41) is 19.6. The van der Waals surface area contributed by atoms with Crippen molar-refractivity contribution in [2.45, 2.75) is 102 Å². The van der Waals surface area contributed by atoms with Crippen LogP contribution in [-0.2, 0) is 11.0 Å². The quantitative estimate of drug-likeness (QED) is 0.274. The number of benzene rings is 1. The lowest BCUT2D eigenvalue weighted by Crippen LogP contribution is -2.45. The van der Waals surface area contributed by atoms with Gasteiger partial charge in [0, 0.05) is 12.6 Å². The number of halogens is 3. The van der Waals surface area contributed by atoms with E-state index in [2.05, 4.69) is 4.90 Å². The molecular weight excluding hydrogens is 513 g/mol. The van der Waals surface area contributed by atoms with Gasteiger partial charge in [0.25, 0.3) is 5.91 Å². The topological polar surface area (TPSA) is 70.8 Å². The van der Waals surface area contributed by atoms with Gasteiger partial charge in [0.15, 0.2) is 5.11 Å². The monoisotopic (exact) mass is 552 g/mol. The molecule has 2 saturated heterocycles. The lowest BCUT2D eigenvalue weighted by molar-refractivity contribution is -0.137. The first-order chi connectivity index (χ1) is 17.7. The molecule has 0 aromatic heterocycles. The Morgan fingerprint density at radius 1 is 1.11 bits per heavy atom. The molecule has 0 radical (unpaired) electrons. The minimum Gasteiger partial charge on any atom is -0.389 e. The highest BCUT2D eigenvalue weighted by Crippen LogP contribution is 2.38. The predicted molar refractivity (Wildman–Crippen MR) is 146 cm³/mol. The van der Waals surface area contributed by atoms with E-state index in [4.69, 9.17) is 17.5 Å². The van der Waals surface area contributed by atoms with E-state index >= 15 is 0 Å². The maximum absolute atomic E-state index is 13.5. The SMILES string of the molecule is CC(C)(O)C1CCCN1CCCCCCCCN1C(=S)N(c2ccc(C#N)c(C(F)(F)F)c2)C(=O)C1(C)C. The number of hydrogen-bond acceptors (Lipinski definition) is 5. The van der Waals surface area contributed by atoms with Gasteiger partial charge >= 0.3 is 6.18 Å². The van der Waals surface area contributed by atoms with Crippen molar-refractivity contribution >= 4 is 28.9 Å². The van der Waals surface area contributed by atoms with Crippen molar-refractivity contribution in [3.05, 3.63) is 29.3 Å². The second-order valence-corrected chi connectivity index (χ2v) is 11.8. The summed E-state index contributed by atoms with van der Waals surface area (Å²) in [6, 6.07) is 5.05. The number of unbranched alkanes of at least 4 members (excludes halogenated alkanes) is 5. The van der Waals surface area contributed by atoms with Crippen LogP contribution in [0.4, 0.5) is 18.9 Å². The highest BCUT2D eigenvalue weighted by Gasteiger charge is 2.49. The molecule has 3 rings (SSSR count). The molecule has 1 N–H and O–H groups in total. The molecule has 1 aromatic carbocycles. The average molecular weight is 553 g/mol. The van der Waals surface area contributed by atoms with Crippen LogP contribution in [0.2, 0.25) is 0 Å². The molecule has 1 aromatic rings. The minimum atomic E-state index is -4.72. The van der Waals surface area contributed by atoms with E-state index in [1.54, 1.807) is 24.8 Å². The first-order valence-electron chi connectivity index (χ1n) is 13.4. The van der Waals surface area contributed by atoms with E-state index in [-0.39, 0.29) is 22.7 Å². The summed E-state index contributed by atoms with van der Waals surface area (Å²) in [5.74, 6) is -0.383. The van der Waals surface area contributed by atoms with E-state index in [0.717, 1.165) is 81.5 Å². The fraction of sp³-hybridized carbons (Fsp3) is 0.679. The van der Waals surface area contributed by atoms with Gasteiger partial charge in [-0.2, -0.15) is 18.4 Å². The summed E-state index contributed by atoms with van der Waals surface area (Å²) in [6.45, 7) is 9.84. The van der Waals surface area contributed by atoms with E-state index in [1.165, 1.54) is 6.07 Å². The van der Waals surface area contributed by atoms with Crippen LogP contribution in [-0.4, -0.2) is 62.7 Å². The average Bonchev–Trinajstić information content (AvgIpc) is 3.37. The third-order valence-electron chi connectivity index (χ3n) is 7.77. The second-order valence-electron chi connectivity index (χ2n) is 11.4. The summed E-state index contributed by atoms with van der Waals surface area (Å²) >= 11 is 5.55. The molecule has 38 heavy (non-hydrogen) atoms. The molecule has 10 heteroatoms. The molecule has 1 unspecified atom stereocenters. The van der Waals surface area contributed by atoms with Crippen molar-refractivity contribution in [3.8, 4) is 6.07 Å². The number of nitrogens with zero attached hydrogens (tertiary/aromatic N) is 4. The number of amides is 1. The smallest absolute Gasteiger partial charge is 0.389 e. The second kappa shape index (κ2) is 11.9. The van der Waals surface area contributed by atoms with Gasteiger partial charge in [0.05, 0.1) is 28.5 Å². The van der Waals surface area contributed by atoms with Gasteiger partial charge in [-0.25, -0.2) is 0 Å². The van der Waals surface area contributed by atoms with Crippen molar-refractivity contribution in [2.75, 3.05) is 24.5 Å². The third kappa shape index (κ3) is 6.67. The minimum absolute atomic E-state index is 0.0201. The first-order valence-corrected chi connectivity index (χ1v) is 13.8. The molecule has 2 fully saturated rings. The zero-order valence-electron chi connectivity index (χ0n) is 22.8. The van der Waals surface area contributed by atoms with E-state index in [9.17, 15) is 23.1 Å². The third-order valence-corrected chi connectivity index (χ3v) is 8.17. The molecule has 0 saturated carbocycles. The van der Waals surface area contributed by atoms with Gasteiger partial charge in [-0.05, 0) is 96.9 Å². The van der Waals surface area contributed by atoms with Crippen LogP contribution in [0, 0.1) is 11.3 Å². The zero-order chi connectivity index (χ0) is 28.3. The molecule has 2 heterocycles. The number of carbonyl (C=O) groups excluding carboxylic acids is 1. The first kappa shape index (κ1) is 30.3. The molecule has 210 valence electrons. The predicted octanol–water partition coefficient (Wildman–Crippen LogP) is 5.87. The number of thiocarbonyl (C=S) groups is 1. The number of aliphatic hydroxyl groups is 1. The summed E-state index contributed by atoms with van der Waals surface area (Å²) in [7, 11) is 0. The molecule has 1 atom stereocenters. The normalized spacial score (nSPS) is 20.4. The van der Waals surface area contributed by atoms with Crippen LogP contribution < -0.4 is 4.90 Å². The Kier molecular flexibility index (Phi) is 9.49. The molecule has 0 bridgehead atoms. The maximum Gasteiger partial charge on any atom is 0.417 e. The fourth-order valence-electron chi connectivity index (χ4n) is 5.63. The van der Waals surface area contributed by atoms with Crippen LogP contribution in [0.5, 0.6) is 0 Å². The Morgan fingerprint density at radius 3 is 2.29 bits per heavy atom. The fourth-order valence-corrected chi connectivity index (χ4v) is 6.14. The molecule has 1 amide bonds. The zero-order valence-corrected chi connectivity index (χ0v) is 23.6. The number of likely N-dealkylation sites (tertiary alicyclic amines) is 1. The van der Waals surface area contributed by atoms with Crippen molar-refractivity contribution in [3.63, 3.8) is 0 Å². The van der Waals surface area contributed by atoms with E-state index in [1.807, 2.05) is 13.8 Å². The van der Waals surface area contributed by atoms with Gasteiger partial charge in [-0.15, -0.1) is 0 Å². The lowest BCUT2D eigenvalue weighted by atomic mass is 9.96. The largest absolute Gasteiger partial charge is 0.417 e. The Bertz CT molecular complexity index is 1060. The van der Waals surface area contributed by atoms with Crippen molar-refractivity contribution < 1.29 is 23.1 Å². The molecule has 2 aliphatic heterocycles. The molecule has 6 nitrogen and oxygen atoms in total. The van der Waals surface area contributed by atoms with Crippen molar-refractivity contribution in [2.24, 2.45) is 0 Å². The molecular formula is C28H39F3N4O2S. The van der Waals surface area contributed by atoms with Gasteiger partial charge in [-0.1, -0.05) is 25.7 Å². The van der Waals surface area contributed by atoms with Crippen LogP contribution in [0.15, 0.2) is 18.2 Å². The number of alkyl halides is 3. The Hall–Kier alpha value is -2.22. The number of hydrogen-bond donors (Lipinski definition) is 1. The van der Waals surface area contributed by atoms with Gasteiger partial charge in [0.1, 0.15) is 5.54 Å². The molecule has 0 aliphatic carbocycles. The van der Waals surface area contributed by atoms with Crippen molar-refractivity contribution in [1.82, 2.24) is 9.80 Å². The maximum atomic E-state index is 13.5. The van der Waals surface area contributed by atoms with Crippen LogP contribution in [0.25, 0.3) is 0 Å². The molecule has 2 aliphatic rings. The van der Waals surface area contributed by atoms with E-state index in [0.29, 0.717) is 6.54 Å². The highest BCUT2D eigenvalue weighted by molar-refractivity contribution is 7.80. The van der Waals surface area contributed by atoms with E-state index < -0.39 is 28.4 Å². The highest BCUT2D eigenvalue weighted by atomic mass is 32.1. The summed E-state index contributed by atoms with van der Waals surface area (Å²) in [6.07, 6.45) is 3.63. The van der Waals surface area contributed by atoms with Gasteiger partial charge < -0.3 is 10.0 Å². The lowest BCUT2D eigenvalue weighted by Gasteiger charge is -2.33. The number of rotatable bonds is 11. The Balaban J connectivity index is 1.49. The Morgan fingerprint density at radius 2 is 1.71 bits per heavy atom. The Labute approximate surface area is 229 Å².